The van der Waals surface area contributed by atoms with E-state index in [9.17, 15) is 0 Å². The number of methoxy groups -OCH3 is 1. The Bertz CT molecular complexity index is 228. The summed E-state index contributed by atoms with van der Waals surface area (Å²) in [5, 5.41) is 0. The second-order valence-electron chi connectivity index (χ2n) is 2.86. The van der Waals surface area contributed by atoms with Gasteiger partial charge in [0, 0.05) is 0 Å². The highest BCUT2D eigenvalue weighted by molar-refractivity contribution is 5.26. The van der Waals surface area contributed by atoms with E-state index in [1.54, 1.807) is 7.11 Å². The van der Waals surface area contributed by atoms with Crippen molar-refractivity contribution < 1.29 is 4.74 Å². The molecular weight excluding hydrogens is 150 g/mol. The number of hydrogen-bond donors (Lipinski definition) is 0. The van der Waals surface area contributed by atoms with Gasteiger partial charge in [0.1, 0.15) is 5.75 Å². The number of hydrogen-bond acceptors (Lipinski definition) is 2. The van der Waals surface area contributed by atoms with Gasteiger partial charge in [-0.3, -0.25) is 7.05 Å². The monoisotopic (exact) mass is 164 g/mol. The predicted molar refractivity (Wildman–Crippen MR) is 49.8 cm³/mol. The first kappa shape index (κ1) is 9.07. The Morgan fingerprint density at radius 3 is 2.33 bits per heavy atom. The van der Waals surface area contributed by atoms with Crippen LogP contribution in [-0.4, -0.2) is 19.1 Å². The third-order valence-corrected chi connectivity index (χ3v) is 1.61. The second-order valence-corrected chi connectivity index (χ2v) is 2.86. The third kappa shape index (κ3) is 2.55. The molecule has 1 rings (SSSR count). The summed E-state index contributed by atoms with van der Waals surface area (Å²) in [7, 11) is 7.40. The lowest BCUT2D eigenvalue weighted by Crippen LogP contribution is -2.07. The summed E-state index contributed by atoms with van der Waals surface area (Å²) in [6, 6.07) is 8.00. The summed E-state index contributed by atoms with van der Waals surface area (Å²) >= 11 is 0. The molecule has 0 aliphatic heterocycles. The van der Waals surface area contributed by atoms with Crippen molar-refractivity contribution in [3.8, 4) is 5.75 Å². The molecule has 0 bridgehead atoms. The summed E-state index contributed by atoms with van der Waals surface area (Å²) in [6.45, 7) is 0.865. The minimum atomic E-state index is 0.865. The van der Waals surface area contributed by atoms with E-state index >= 15 is 0 Å². The molecule has 0 spiro atoms. The summed E-state index contributed by atoms with van der Waals surface area (Å²) in [5.74, 6) is 0.894. The lowest BCUT2D eigenvalue weighted by atomic mass is 10.2. The standard InChI is InChI=1S/C10H14NO/c1-11(2)8-9-4-6-10(12-3)7-5-9/h4-7H,1,8H2,2-3H3/q-1. The summed E-state index contributed by atoms with van der Waals surface area (Å²) in [4.78, 5) is 1.89. The van der Waals surface area contributed by atoms with Gasteiger partial charge in [0.05, 0.1) is 7.11 Å². The van der Waals surface area contributed by atoms with Gasteiger partial charge in [-0.1, -0.05) is 12.1 Å². The molecule has 0 atom stereocenters. The minimum Gasteiger partial charge on any atom is -0.497 e. The molecule has 2 nitrogen and oxygen atoms in total. The van der Waals surface area contributed by atoms with Crippen LogP contribution >= 0.6 is 0 Å². The van der Waals surface area contributed by atoms with E-state index < -0.39 is 0 Å². The predicted octanol–water partition coefficient (Wildman–Crippen LogP) is 1.92. The molecular formula is C10H14NO-. The Kier molecular flexibility index (Phi) is 3.11. The zero-order chi connectivity index (χ0) is 8.97. The molecule has 66 valence electrons. The van der Waals surface area contributed by atoms with Crippen LogP contribution in [-0.2, 0) is 6.54 Å². The van der Waals surface area contributed by atoms with E-state index in [-0.39, 0.29) is 0 Å². The van der Waals surface area contributed by atoms with Crippen LogP contribution in [0.5, 0.6) is 5.75 Å². The fourth-order valence-corrected chi connectivity index (χ4v) is 1.04. The molecule has 0 aliphatic carbocycles. The topological polar surface area (TPSA) is 12.5 Å². The lowest BCUT2D eigenvalue weighted by Gasteiger charge is -2.17. The van der Waals surface area contributed by atoms with Gasteiger partial charge in [0.2, 0.25) is 0 Å². The van der Waals surface area contributed by atoms with E-state index in [4.69, 9.17) is 4.74 Å². The maximum absolute atomic E-state index is 5.04. The Balaban J connectivity index is 2.65. The Labute approximate surface area is 73.8 Å². The van der Waals surface area contributed by atoms with Crippen LogP contribution in [0.3, 0.4) is 0 Å². The minimum absolute atomic E-state index is 0.865. The molecule has 0 saturated heterocycles. The first-order chi connectivity index (χ1) is 5.72. The van der Waals surface area contributed by atoms with Crippen molar-refractivity contribution in [1.82, 2.24) is 4.90 Å². The van der Waals surface area contributed by atoms with Crippen molar-refractivity contribution in [2.75, 3.05) is 14.2 Å². The highest BCUT2D eigenvalue weighted by Crippen LogP contribution is 2.11. The van der Waals surface area contributed by atoms with Gasteiger partial charge in [0.25, 0.3) is 0 Å². The summed E-state index contributed by atoms with van der Waals surface area (Å²) in [5.41, 5.74) is 1.24. The molecule has 0 amide bonds. The van der Waals surface area contributed by atoms with E-state index in [0.717, 1.165) is 12.3 Å². The number of ether oxygens (including phenoxy) is 1. The molecule has 2 heteroatoms. The maximum atomic E-state index is 5.04. The quantitative estimate of drug-likeness (QED) is 0.633. The molecule has 0 fully saturated rings. The second kappa shape index (κ2) is 4.12. The third-order valence-electron chi connectivity index (χ3n) is 1.61. The summed E-state index contributed by atoms with van der Waals surface area (Å²) in [6.07, 6.45) is 0. The Morgan fingerprint density at radius 1 is 1.33 bits per heavy atom. The molecule has 1 aromatic carbocycles. The number of nitrogens with zero attached hydrogens (tertiary/aromatic N) is 1. The van der Waals surface area contributed by atoms with Gasteiger partial charge in [-0.25, -0.2) is 0 Å². The van der Waals surface area contributed by atoms with E-state index in [2.05, 4.69) is 7.05 Å². The average molecular weight is 164 g/mol. The highest BCUT2D eigenvalue weighted by atomic mass is 16.5. The van der Waals surface area contributed by atoms with E-state index in [0.29, 0.717) is 0 Å². The summed E-state index contributed by atoms with van der Waals surface area (Å²) < 4.78 is 5.04. The van der Waals surface area contributed by atoms with Crippen molar-refractivity contribution in [2.24, 2.45) is 0 Å². The zero-order valence-electron chi connectivity index (χ0n) is 7.58. The van der Waals surface area contributed by atoms with Crippen molar-refractivity contribution in [2.45, 2.75) is 6.54 Å². The highest BCUT2D eigenvalue weighted by Gasteiger charge is 1.92. The van der Waals surface area contributed by atoms with Crippen LogP contribution in [0.15, 0.2) is 24.3 Å². The Hall–Kier alpha value is -1.02. The fraction of sp³-hybridized carbons (Fsp3) is 0.300. The van der Waals surface area contributed by atoms with Crippen molar-refractivity contribution >= 4 is 0 Å². The van der Waals surface area contributed by atoms with Crippen LogP contribution in [0, 0.1) is 7.05 Å². The SMILES string of the molecule is [CH2-]N(C)Cc1ccc(OC)cc1. The molecule has 0 saturated carbocycles. The van der Waals surface area contributed by atoms with Gasteiger partial charge in [-0.15, -0.1) is 0 Å². The number of rotatable bonds is 3. The largest absolute Gasteiger partial charge is 0.497 e. The lowest BCUT2D eigenvalue weighted by molar-refractivity contribution is 0.413. The van der Waals surface area contributed by atoms with Crippen LogP contribution in [0.25, 0.3) is 0 Å². The maximum Gasteiger partial charge on any atom is 0.118 e. The Morgan fingerprint density at radius 2 is 1.92 bits per heavy atom. The van der Waals surface area contributed by atoms with Gasteiger partial charge >= 0.3 is 0 Å². The smallest absolute Gasteiger partial charge is 0.118 e. The van der Waals surface area contributed by atoms with Crippen LogP contribution in [0.1, 0.15) is 5.56 Å². The van der Waals surface area contributed by atoms with E-state index in [1.165, 1.54) is 5.56 Å². The van der Waals surface area contributed by atoms with Gasteiger partial charge in [-0.05, 0) is 31.3 Å². The van der Waals surface area contributed by atoms with Crippen molar-refractivity contribution in [1.29, 1.82) is 0 Å². The van der Waals surface area contributed by atoms with Gasteiger partial charge in [-0.2, -0.15) is 0 Å². The molecule has 0 aromatic heterocycles. The molecule has 1 aromatic rings. The van der Waals surface area contributed by atoms with Crippen LogP contribution in [0.2, 0.25) is 0 Å². The molecule has 0 N–H and O–H groups in total. The van der Waals surface area contributed by atoms with Gasteiger partial charge in [0.15, 0.2) is 0 Å². The van der Waals surface area contributed by atoms with Crippen LogP contribution in [0.4, 0.5) is 0 Å². The molecule has 0 unspecified atom stereocenters. The van der Waals surface area contributed by atoms with Crippen molar-refractivity contribution in [3.05, 3.63) is 36.9 Å². The molecule has 0 aliphatic rings. The van der Waals surface area contributed by atoms with E-state index in [1.807, 2.05) is 36.2 Å². The first-order valence-corrected chi connectivity index (χ1v) is 3.87. The van der Waals surface area contributed by atoms with Crippen molar-refractivity contribution in [3.63, 3.8) is 0 Å². The molecule has 12 heavy (non-hydrogen) atoms. The average Bonchev–Trinajstić information content (AvgIpc) is 2.05. The molecule has 0 heterocycles. The number of benzene rings is 1. The molecule has 0 radical (unpaired) electrons. The zero-order valence-corrected chi connectivity index (χ0v) is 7.58. The first-order valence-electron chi connectivity index (χ1n) is 3.87. The fourth-order valence-electron chi connectivity index (χ4n) is 1.04. The van der Waals surface area contributed by atoms with Gasteiger partial charge < -0.3 is 9.64 Å². The van der Waals surface area contributed by atoms with Crippen LogP contribution < -0.4 is 4.74 Å². The normalized spacial score (nSPS) is 10.3.